The average molecular weight is 294 g/mol. The molecule has 2 aliphatic rings. The van der Waals surface area contributed by atoms with Gasteiger partial charge >= 0.3 is 0 Å². The van der Waals surface area contributed by atoms with Crippen LogP contribution in [0.25, 0.3) is 11.1 Å². The molecule has 1 spiro atoms. The van der Waals surface area contributed by atoms with Crippen molar-refractivity contribution in [3.8, 4) is 11.1 Å². The van der Waals surface area contributed by atoms with E-state index in [-0.39, 0.29) is 11.6 Å². The summed E-state index contributed by atoms with van der Waals surface area (Å²) >= 11 is 0. The summed E-state index contributed by atoms with van der Waals surface area (Å²) in [4.78, 5) is 12.9. The van der Waals surface area contributed by atoms with E-state index < -0.39 is 0 Å². The summed E-state index contributed by atoms with van der Waals surface area (Å²) in [7, 11) is 0. The molecule has 0 fully saturated rings. The molecule has 2 heterocycles. The van der Waals surface area contributed by atoms with E-state index in [2.05, 4.69) is 40.1 Å². The van der Waals surface area contributed by atoms with E-state index in [1.165, 1.54) is 16.7 Å². The van der Waals surface area contributed by atoms with Crippen LogP contribution in [0.4, 0.5) is 0 Å². The maximum Gasteiger partial charge on any atom is 0.282 e. The molecule has 0 saturated carbocycles. The normalized spacial score (nSPS) is 26.4. The summed E-state index contributed by atoms with van der Waals surface area (Å²) in [6.07, 6.45) is 8.10. The largest absolute Gasteiger partial charge is 0.460 e. The van der Waals surface area contributed by atoms with Crippen LogP contribution in [0.5, 0.6) is 0 Å². The zero-order valence-electron chi connectivity index (χ0n) is 12.5. The molecule has 0 unspecified atom stereocenters. The topological polar surface area (TPSA) is 73.4 Å². The van der Waals surface area contributed by atoms with Crippen molar-refractivity contribution in [1.82, 2.24) is 9.97 Å². The van der Waals surface area contributed by atoms with Gasteiger partial charge in [-0.1, -0.05) is 18.2 Å². The van der Waals surface area contributed by atoms with Crippen LogP contribution in [0.2, 0.25) is 0 Å². The number of amidine groups is 1. The van der Waals surface area contributed by atoms with Gasteiger partial charge in [-0.15, -0.1) is 0 Å². The molecule has 0 bridgehead atoms. The van der Waals surface area contributed by atoms with Gasteiger partial charge in [-0.25, -0.2) is 15.0 Å². The Kier molecular flexibility index (Phi) is 2.89. The predicted molar refractivity (Wildman–Crippen MR) is 84.4 cm³/mol. The Hall–Kier alpha value is -2.43. The van der Waals surface area contributed by atoms with Crippen LogP contribution in [0.1, 0.15) is 24.5 Å². The van der Waals surface area contributed by atoms with Crippen molar-refractivity contribution in [3.05, 3.63) is 48.0 Å². The van der Waals surface area contributed by atoms with E-state index >= 15 is 0 Å². The fraction of sp³-hybridized carbons (Fsp3) is 0.353. The number of hydrogen-bond acceptors (Lipinski definition) is 5. The number of nitrogens with zero attached hydrogens (tertiary/aromatic N) is 3. The van der Waals surface area contributed by atoms with Crippen LogP contribution in [-0.2, 0) is 17.6 Å². The molecule has 22 heavy (non-hydrogen) atoms. The second kappa shape index (κ2) is 4.80. The third kappa shape index (κ3) is 1.96. The average Bonchev–Trinajstić information content (AvgIpc) is 2.80. The summed E-state index contributed by atoms with van der Waals surface area (Å²) in [5, 5.41) is 0. The Morgan fingerprint density at radius 1 is 1.27 bits per heavy atom. The molecule has 0 saturated heterocycles. The van der Waals surface area contributed by atoms with Crippen molar-refractivity contribution in [2.75, 3.05) is 0 Å². The number of aromatic nitrogens is 2. The highest BCUT2D eigenvalue weighted by Gasteiger charge is 2.45. The Bertz CT molecular complexity index is 744. The molecule has 4 rings (SSSR count). The van der Waals surface area contributed by atoms with Gasteiger partial charge in [-0.05, 0) is 36.5 Å². The smallest absolute Gasteiger partial charge is 0.282 e. The SMILES string of the molecule is C[C@H]1OC(N)=N[C@@]12CCc1c(cccc1-c1cncnc1)C2. The fourth-order valence-electron chi connectivity index (χ4n) is 3.63. The molecular formula is C17H18N4O. The van der Waals surface area contributed by atoms with Gasteiger partial charge in [0.2, 0.25) is 0 Å². The Morgan fingerprint density at radius 2 is 2.09 bits per heavy atom. The first-order chi connectivity index (χ1) is 10.7. The van der Waals surface area contributed by atoms with Crippen molar-refractivity contribution in [2.24, 2.45) is 10.7 Å². The van der Waals surface area contributed by atoms with Crippen LogP contribution in [0.15, 0.2) is 41.9 Å². The third-order valence-electron chi connectivity index (χ3n) is 4.84. The van der Waals surface area contributed by atoms with E-state index in [0.717, 1.165) is 24.8 Å². The van der Waals surface area contributed by atoms with Gasteiger partial charge in [-0.3, -0.25) is 0 Å². The van der Waals surface area contributed by atoms with Crippen molar-refractivity contribution in [2.45, 2.75) is 37.8 Å². The Morgan fingerprint density at radius 3 is 2.82 bits per heavy atom. The standard InChI is InChI=1S/C17H18N4O/c1-11-17(21-16(18)22-11)6-5-15-12(7-17)3-2-4-14(15)13-8-19-10-20-9-13/h2-4,8-11H,5-7H2,1H3,(H2,18,21)/t11-,17-/m1/s1. The molecule has 1 aliphatic heterocycles. The van der Waals surface area contributed by atoms with E-state index in [0.29, 0.717) is 6.02 Å². The van der Waals surface area contributed by atoms with Gasteiger partial charge in [0.25, 0.3) is 6.02 Å². The quantitative estimate of drug-likeness (QED) is 0.874. The number of ether oxygens (including phenoxy) is 1. The summed E-state index contributed by atoms with van der Waals surface area (Å²) in [6.45, 7) is 2.06. The second-order valence-electron chi connectivity index (χ2n) is 6.06. The molecule has 5 heteroatoms. The number of nitrogens with two attached hydrogens (primary N) is 1. The van der Waals surface area contributed by atoms with Gasteiger partial charge < -0.3 is 10.5 Å². The Labute approximate surface area is 129 Å². The van der Waals surface area contributed by atoms with Crippen molar-refractivity contribution in [1.29, 1.82) is 0 Å². The molecule has 112 valence electrons. The van der Waals surface area contributed by atoms with Crippen LogP contribution in [0, 0.1) is 0 Å². The van der Waals surface area contributed by atoms with Crippen molar-refractivity contribution >= 4 is 6.02 Å². The van der Waals surface area contributed by atoms with E-state index in [4.69, 9.17) is 10.5 Å². The van der Waals surface area contributed by atoms with Crippen molar-refractivity contribution in [3.63, 3.8) is 0 Å². The molecule has 0 radical (unpaired) electrons. The van der Waals surface area contributed by atoms with Gasteiger partial charge in [0.05, 0.1) is 0 Å². The highest BCUT2D eigenvalue weighted by molar-refractivity contribution is 5.75. The number of hydrogen-bond donors (Lipinski definition) is 1. The van der Waals surface area contributed by atoms with Crippen LogP contribution in [-0.4, -0.2) is 27.6 Å². The molecule has 2 N–H and O–H groups in total. The number of fused-ring (bicyclic) bond motifs is 1. The minimum atomic E-state index is -0.205. The molecular weight excluding hydrogens is 276 g/mol. The molecule has 2 atom stereocenters. The van der Waals surface area contributed by atoms with Crippen LogP contribution >= 0.6 is 0 Å². The lowest BCUT2D eigenvalue weighted by molar-refractivity contribution is 0.140. The highest BCUT2D eigenvalue weighted by atomic mass is 16.5. The number of benzene rings is 1. The molecule has 1 aromatic carbocycles. The van der Waals surface area contributed by atoms with Crippen LogP contribution < -0.4 is 5.73 Å². The van der Waals surface area contributed by atoms with E-state index in [9.17, 15) is 0 Å². The van der Waals surface area contributed by atoms with Gasteiger partial charge in [0, 0.05) is 24.4 Å². The minimum Gasteiger partial charge on any atom is -0.460 e. The lowest BCUT2D eigenvalue weighted by atomic mass is 9.74. The first-order valence-electron chi connectivity index (χ1n) is 7.56. The summed E-state index contributed by atoms with van der Waals surface area (Å²) in [5.74, 6) is 0. The second-order valence-corrected chi connectivity index (χ2v) is 6.06. The van der Waals surface area contributed by atoms with E-state index in [1.807, 2.05) is 12.4 Å². The monoisotopic (exact) mass is 294 g/mol. The first kappa shape index (κ1) is 13.2. The minimum absolute atomic E-state index is 0.0318. The molecule has 1 aromatic heterocycles. The lowest BCUT2D eigenvalue weighted by Crippen LogP contribution is -2.41. The summed E-state index contributed by atoms with van der Waals surface area (Å²) in [5.41, 5.74) is 10.6. The summed E-state index contributed by atoms with van der Waals surface area (Å²) < 4.78 is 5.59. The molecule has 2 aromatic rings. The fourth-order valence-corrected chi connectivity index (χ4v) is 3.63. The Balaban J connectivity index is 1.76. The van der Waals surface area contributed by atoms with E-state index in [1.54, 1.807) is 6.33 Å². The number of aliphatic imine (C=N–C) groups is 1. The summed E-state index contributed by atoms with van der Waals surface area (Å²) in [6, 6.07) is 6.74. The van der Waals surface area contributed by atoms with Crippen LogP contribution in [0.3, 0.4) is 0 Å². The maximum absolute atomic E-state index is 5.78. The third-order valence-corrected chi connectivity index (χ3v) is 4.84. The highest BCUT2D eigenvalue weighted by Crippen LogP contribution is 2.41. The molecule has 1 aliphatic carbocycles. The predicted octanol–water partition coefficient (Wildman–Crippen LogP) is 2.10. The lowest BCUT2D eigenvalue weighted by Gasteiger charge is -2.35. The molecule has 5 nitrogen and oxygen atoms in total. The van der Waals surface area contributed by atoms with Crippen molar-refractivity contribution < 1.29 is 4.74 Å². The molecule has 0 amide bonds. The van der Waals surface area contributed by atoms with Gasteiger partial charge in [0.15, 0.2) is 0 Å². The maximum atomic E-state index is 5.78. The zero-order valence-corrected chi connectivity index (χ0v) is 12.5. The number of rotatable bonds is 1. The van der Waals surface area contributed by atoms with Gasteiger partial charge in [0.1, 0.15) is 18.0 Å². The van der Waals surface area contributed by atoms with Gasteiger partial charge in [-0.2, -0.15) is 0 Å². The first-order valence-corrected chi connectivity index (χ1v) is 7.56. The zero-order chi connectivity index (χ0) is 15.2.